The Bertz CT molecular complexity index is 656. The minimum Gasteiger partial charge on any atom is -0.496 e. The number of ether oxygens (including phenoxy) is 1. The number of aryl methyl sites for hydroxylation is 1. The van der Waals surface area contributed by atoms with Gasteiger partial charge in [-0.25, -0.2) is 0 Å². The molecule has 0 spiro atoms. The Kier molecular flexibility index (Phi) is 4.15. The number of nitrogens with one attached hydrogen (secondary N) is 1. The summed E-state index contributed by atoms with van der Waals surface area (Å²) in [5.74, 6) is 0.197. The number of benzene rings is 2. The number of hydrogen-bond donors (Lipinski definition) is 2. The molecule has 0 atom stereocenters. The van der Waals surface area contributed by atoms with Crippen LogP contribution in [0.1, 0.15) is 15.9 Å². The molecule has 0 radical (unpaired) electrons. The van der Waals surface area contributed by atoms with Gasteiger partial charge in [0.2, 0.25) is 0 Å². The molecule has 20 heavy (non-hydrogen) atoms. The first-order chi connectivity index (χ1) is 9.51. The minimum atomic E-state index is -0.278. The highest BCUT2D eigenvalue weighted by molar-refractivity contribution is 6.30. The number of hydrogen-bond acceptors (Lipinski definition) is 3. The molecule has 0 heterocycles. The molecule has 2 aromatic rings. The number of rotatable bonds is 3. The second-order valence-electron chi connectivity index (χ2n) is 4.37. The van der Waals surface area contributed by atoms with Crippen LogP contribution in [-0.2, 0) is 0 Å². The lowest BCUT2D eigenvalue weighted by Crippen LogP contribution is -2.14. The number of halogens is 1. The number of carbonyl (C=O) groups excluding carboxylic acids is 1. The second-order valence-corrected chi connectivity index (χ2v) is 4.81. The zero-order valence-electron chi connectivity index (χ0n) is 11.2. The summed E-state index contributed by atoms with van der Waals surface area (Å²) in [5.41, 5.74) is 8.19. The largest absolute Gasteiger partial charge is 0.496 e. The zero-order chi connectivity index (χ0) is 14.7. The van der Waals surface area contributed by atoms with Gasteiger partial charge in [0.15, 0.2) is 0 Å². The van der Waals surface area contributed by atoms with Crippen LogP contribution in [0.4, 0.5) is 11.4 Å². The maximum absolute atomic E-state index is 12.3. The highest BCUT2D eigenvalue weighted by Crippen LogP contribution is 2.24. The van der Waals surface area contributed by atoms with Gasteiger partial charge in [-0.05, 0) is 48.9 Å². The molecule has 5 heteroatoms. The van der Waals surface area contributed by atoms with Gasteiger partial charge in [0, 0.05) is 16.4 Å². The van der Waals surface area contributed by atoms with Gasteiger partial charge in [-0.2, -0.15) is 0 Å². The van der Waals surface area contributed by atoms with E-state index in [4.69, 9.17) is 22.1 Å². The Labute approximate surface area is 122 Å². The molecule has 2 rings (SSSR count). The summed E-state index contributed by atoms with van der Waals surface area (Å²) in [7, 11) is 1.51. The lowest BCUT2D eigenvalue weighted by Gasteiger charge is -2.12. The summed E-state index contributed by atoms with van der Waals surface area (Å²) in [5, 5.41) is 3.45. The van der Waals surface area contributed by atoms with Crippen molar-refractivity contribution in [2.75, 3.05) is 18.2 Å². The standard InChI is InChI=1S/C15H15ClN2O2/c1-9-7-10(16)3-5-13(9)18-15(19)12-8-11(17)4-6-14(12)20-2/h3-8H,17H2,1-2H3,(H,18,19). The topological polar surface area (TPSA) is 64.3 Å². The van der Waals surface area contributed by atoms with Gasteiger partial charge in [-0.1, -0.05) is 11.6 Å². The van der Waals surface area contributed by atoms with Crippen molar-refractivity contribution in [1.82, 2.24) is 0 Å². The summed E-state index contributed by atoms with van der Waals surface area (Å²) in [6, 6.07) is 10.2. The van der Waals surface area contributed by atoms with E-state index < -0.39 is 0 Å². The van der Waals surface area contributed by atoms with Crippen molar-refractivity contribution in [1.29, 1.82) is 0 Å². The van der Waals surface area contributed by atoms with Crippen molar-refractivity contribution in [2.24, 2.45) is 0 Å². The fourth-order valence-electron chi connectivity index (χ4n) is 1.86. The van der Waals surface area contributed by atoms with E-state index in [0.717, 1.165) is 5.56 Å². The van der Waals surface area contributed by atoms with Gasteiger partial charge < -0.3 is 15.8 Å². The van der Waals surface area contributed by atoms with Crippen LogP contribution in [0.5, 0.6) is 5.75 Å². The van der Waals surface area contributed by atoms with Crippen LogP contribution in [0.15, 0.2) is 36.4 Å². The number of amides is 1. The summed E-state index contributed by atoms with van der Waals surface area (Å²) >= 11 is 5.89. The third-order valence-corrected chi connectivity index (χ3v) is 3.14. The maximum Gasteiger partial charge on any atom is 0.259 e. The summed E-state index contributed by atoms with van der Waals surface area (Å²) in [6.45, 7) is 1.87. The SMILES string of the molecule is COc1ccc(N)cc1C(=O)Nc1ccc(Cl)cc1C. The number of anilines is 2. The van der Waals surface area contributed by atoms with E-state index in [-0.39, 0.29) is 5.91 Å². The Morgan fingerprint density at radius 3 is 2.65 bits per heavy atom. The number of methoxy groups -OCH3 is 1. The molecule has 104 valence electrons. The molecule has 0 aliphatic carbocycles. The molecular formula is C15H15ClN2O2. The molecule has 0 unspecified atom stereocenters. The summed E-state index contributed by atoms with van der Waals surface area (Å²) in [6.07, 6.45) is 0. The van der Waals surface area contributed by atoms with Crippen molar-refractivity contribution < 1.29 is 9.53 Å². The Morgan fingerprint density at radius 1 is 1.25 bits per heavy atom. The normalized spacial score (nSPS) is 10.2. The van der Waals surface area contributed by atoms with Gasteiger partial charge in [0.25, 0.3) is 5.91 Å². The fraction of sp³-hybridized carbons (Fsp3) is 0.133. The van der Waals surface area contributed by atoms with Gasteiger partial charge in [0.1, 0.15) is 5.75 Å². The molecule has 0 aliphatic rings. The molecule has 0 aromatic heterocycles. The van der Waals surface area contributed by atoms with Crippen LogP contribution in [0.2, 0.25) is 5.02 Å². The van der Waals surface area contributed by atoms with Crippen LogP contribution in [0.3, 0.4) is 0 Å². The van der Waals surface area contributed by atoms with E-state index in [1.54, 1.807) is 36.4 Å². The molecule has 0 saturated carbocycles. The van der Waals surface area contributed by atoms with Gasteiger partial charge in [-0.15, -0.1) is 0 Å². The Balaban J connectivity index is 2.30. The lowest BCUT2D eigenvalue weighted by atomic mass is 10.1. The smallest absolute Gasteiger partial charge is 0.259 e. The van der Waals surface area contributed by atoms with E-state index in [1.165, 1.54) is 7.11 Å². The molecule has 0 fully saturated rings. The molecule has 2 aromatic carbocycles. The number of carbonyl (C=O) groups is 1. The maximum atomic E-state index is 12.3. The van der Waals surface area contributed by atoms with Gasteiger partial charge >= 0.3 is 0 Å². The molecule has 3 N–H and O–H groups in total. The average Bonchev–Trinajstić information content (AvgIpc) is 2.41. The predicted molar refractivity (Wildman–Crippen MR) is 81.5 cm³/mol. The zero-order valence-corrected chi connectivity index (χ0v) is 12.0. The van der Waals surface area contributed by atoms with Crippen LogP contribution < -0.4 is 15.8 Å². The molecule has 4 nitrogen and oxygen atoms in total. The molecule has 1 amide bonds. The Hall–Kier alpha value is -2.20. The average molecular weight is 291 g/mol. The number of nitrogen functional groups attached to an aromatic ring is 1. The van der Waals surface area contributed by atoms with Crippen molar-refractivity contribution in [3.63, 3.8) is 0 Å². The monoisotopic (exact) mass is 290 g/mol. The van der Waals surface area contributed by atoms with Crippen molar-refractivity contribution in [3.8, 4) is 5.75 Å². The Morgan fingerprint density at radius 2 is 2.00 bits per heavy atom. The van der Waals surface area contributed by atoms with Crippen molar-refractivity contribution in [2.45, 2.75) is 6.92 Å². The third-order valence-electron chi connectivity index (χ3n) is 2.90. The van der Waals surface area contributed by atoms with Crippen LogP contribution in [0.25, 0.3) is 0 Å². The van der Waals surface area contributed by atoms with E-state index in [9.17, 15) is 4.79 Å². The summed E-state index contributed by atoms with van der Waals surface area (Å²) in [4.78, 5) is 12.3. The van der Waals surface area contributed by atoms with E-state index in [1.807, 2.05) is 6.92 Å². The highest BCUT2D eigenvalue weighted by atomic mass is 35.5. The first-order valence-electron chi connectivity index (χ1n) is 6.02. The van der Waals surface area contributed by atoms with Gasteiger partial charge in [0.05, 0.1) is 12.7 Å². The van der Waals surface area contributed by atoms with Gasteiger partial charge in [-0.3, -0.25) is 4.79 Å². The van der Waals surface area contributed by atoms with Crippen molar-refractivity contribution in [3.05, 3.63) is 52.5 Å². The van der Waals surface area contributed by atoms with Crippen LogP contribution in [-0.4, -0.2) is 13.0 Å². The van der Waals surface area contributed by atoms with E-state index in [0.29, 0.717) is 27.7 Å². The van der Waals surface area contributed by atoms with Crippen LogP contribution >= 0.6 is 11.6 Å². The van der Waals surface area contributed by atoms with Crippen LogP contribution in [0, 0.1) is 6.92 Å². The molecule has 0 aliphatic heterocycles. The molecule has 0 saturated heterocycles. The highest BCUT2D eigenvalue weighted by Gasteiger charge is 2.13. The van der Waals surface area contributed by atoms with Crippen molar-refractivity contribution >= 4 is 28.9 Å². The molecule has 0 bridgehead atoms. The lowest BCUT2D eigenvalue weighted by molar-refractivity contribution is 0.102. The minimum absolute atomic E-state index is 0.278. The predicted octanol–water partition coefficient (Wildman–Crippen LogP) is 3.49. The summed E-state index contributed by atoms with van der Waals surface area (Å²) < 4.78 is 5.17. The first kappa shape index (κ1) is 14.2. The van der Waals surface area contributed by atoms with E-state index in [2.05, 4.69) is 5.32 Å². The quantitative estimate of drug-likeness (QED) is 0.851. The second kappa shape index (κ2) is 5.84. The first-order valence-corrected chi connectivity index (χ1v) is 6.40. The fourth-order valence-corrected chi connectivity index (χ4v) is 2.09. The molecular weight excluding hydrogens is 276 g/mol. The third kappa shape index (κ3) is 3.03. The van der Waals surface area contributed by atoms with E-state index >= 15 is 0 Å². The number of nitrogens with two attached hydrogens (primary N) is 1.